The van der Waals surface area contributed by atoms with Gasteiger partial charge in [-0.05, 0) is 81.9 Å². The second-order valence-electron chi connectivity index (χ2n) is 9.85. The van der Waals surface area contributed by atoms with E-state index in [9.17, 15) is 18.8 Å². The van der Waals surface area contributed by atoms with Gasteiger partial charge in [0.1, 0.15) is 23.1 Å². The molecule has 166 valence electrons. The predicted octanol–water partition coefficient (Wildman–Crippen LogP) is 3.41. The van der Waals surface area contributed by atoms with Gasteiger partial charge < -0.3 is 10.5 Å². The van der Waals surface area contributed by atoms with Gasteiger partial charge in [-0.25, -0.2) is 8.78 Å². The zero-order valence-electron chi connectivity index (χ0n) is 17.8. The number of aliphatic imine (C=N–C) groups is 1. The van der Waals surface area contributed by atoms with E-state index >= 15 is 0 Å². The lowest BCUT2D eigenvalue weighted by Gasteiger charge is -2.57. The molecular weight excluding hydrogens is 402 g/mol. The number of carbonyl (C=O) groups is 1. The maximum absolute atomic E-state index is 14.0. The second-order valence-corrected chi connectivity index (χ2v) is 9.85. The average Bonchev–Trinajstić information content (AvgIpc) is 2.70. The van der Waals surface area contributed by atoms with E-state index in [1.165, 1.54) is 0 Å². The Kier molecular flexibility index (Phi) is 5.50. The molecule has 1 aromatic carbocycles. The van der Waals surface area contributed by atoms with Crippen LogP contribution in [0.25, 0.3) is 0 Å². The van der Waals surface area contributed by atoms with Crippen molar-refractivity contribution in [2.45, 2.75) is 64.2 Å². The van der Waals surface area contributed by atoms with Gasteiger partial charge in [-0.15, -0.1) is 0 Å². The van der Waals surface area contributed by atoms with Crippen molar-refractivity contribution in [2.24, 2.45) is 33.9 Å². The molecule has 2 unspecified atom stereocenters. The Morgan fingerprint density at radius 2 is 2.00 bits per heavy atom. The van der Waals surface area contributed by atoms with Crippen molar-refractivity contribution in [3.8, 4) is 6.19 Å². The van der Waals surface area contributed by atoms with Crippen molar-refractivity contribution >= 4 is 11.7 Å². The summed E-state index contributed by atoms with van der Waals surface area (Å²) in [5.74, 6) is 0.0453. The van der Waals surface area contributed by atoms with Gasteiger partial charge >= 0.3 is 0 Å². The number of ether oxygens (including phenoxy) is 1. The first-order valence-corrected chi connectivity index (χ1v) is 10.7. The molecule has 4 aliphatic rings. The highest BCUT2D eigenvalue weighted by molar-refractivity contribution is 5.91. The number of hydrogen-bond acceptors (Lipinski definition) is 4. The first-order chi connectivity index (χ1) is 14.6. The number of amides is 1. The van der Waals surface area contributed by atoms with E-state index in [1.54, 1.807) is 13.8 Å². The number of nitriles is 1. The van der Waals surface area contributed by atoms with Crippen LogP contribution in [-0.4, -0.2) is 23.4 Å². The number of carbonyl (C=O) groups excluding carboxylic acids is 1. The van der Waals surface area contributed by atoms with Crippen molar-refractivity contribution in [2.75, 3.05) is 0 Å². The monoisotopic (exact) mass is 430 g/mol. The maximum atomic E-state index is 14.0. The number of halogens is 2. The molecule has 8 heteroatoms. The van der Waals surface area contributed by atoms with Gasteiger partial charge in [-0.2, -0.15) is 5.26 Å². The Labute approximate surface area is 180 Å². The van der Waals surface area contributed by atoms with Crippen LogP contribution >= 0.6 is 0 Å². The summed E-state index contributed by atoms with van der Waals surface area (Å²) < 4.78 is 33.4. The average molecular weight is 430 g/mol. The van der Waals surface area contributed by atoms with E-state index in [0.717, 1.165) is 50.3 Å². The normalized spacial score (nSPS) is 32.0. The standard InChI is InChI=1S/C23H28F2N4O2/c1-22(2,31-11-16-7-17(24)3-4-18(16)25)21(28-12-26)29-19-14-5-13-6-15(19)10-23(8-13,9-14)20(27)30/h3-4,7,13-15,19H,5-6,8-11H2,1-2H3,(H2,27,30)(H,28,29). The summed E-state index contributed by atoms with van der Waals surface area (Å²) in [7, 11) is 0. The van der Waals surface area contributed by atoms with E-state index in [-0.39, 0.29) is 36.0 Å². The molecule has 0 heterocycles. The van der Waals surface area contributed by atoms with Crippen LogP contribution in [0.4, 0.5) is 8.78 Å². The van der Waals surface area contributed by atoms with Gasteiger partial charge in [-0.3, -0.25) is 15.1 Å². The summed E-state index contributed by atoms with van der Waals surface area (Å²) in [5, 5.41) is 11.9. The smallest absolute Gasteiger partial charge is 0.223 e. The maximum Gasteiger partial charge on any atom is 0.223 e. The predicted molar refractivity (Wildman–Crippen MR) is 110 cm³/mol. The topological polar surface area (TPSA) is 100 Å². The van der Waals surface area contributed by atoms with Crippen molar-refractivity contribution in [3.63, 3.8) is 0 Å². The summed E-state index contributed by atoms with van der Waals surface area (Å²) in [6, 6.07) is 3.20. The molecule has 4 fully saturated rings. The van der Waals surface area contributed by atoms with Crippen LogP contribution in [-0.2, 0) is 16.1 Å². The van der Waals surface area contributed by atoms with Gasteiger partial charge in [0.2, 0.25) is 5.91 Å². The molecule has 6 nitrogen and oxygen atoms in total. The fourth-order valence-corrected chi connectivity index (χ4v) is 6.03. The number of benzene rings is 1. The highest BCUT2D eigenvalue weighted by Gasteiger charge is 2.58. The number of rotatable bonds is 6. The summed E-state index contributed by atoms with van der Waals surface area (Å²) in [6.45, 7) is 3.33. The van der Waals surface area contributed by atoms with E-state index in [1.807, 2.05) is 6.19 Å². The molecule has 3 N–H and O–H groups in total. The number of nitrogens with two attached hydrogens (primary N) is 1. The third-order valence-electron chi connectivity index (χ3n) is 7.37. The van der Waals surface area contributed by atoms with E-state index in [0.29, 0.717) is 11.8 Å². The molecular formula is C23H28F2N4O2. The first kappa shape index (κ1) is 21.7. The first-order valence-electron chi connectivity index (χ1n) is 10.7. The fourth-order valence-electron chi connectivity index (χ4n) is 6.03. The van der Waals surface area contributed by atoms with E-state index in [4.69, 9.17) is 15.5 Å². The minimum atomic E-state index is -1.02. The number of nitrogens with zero attached hydrogens (tertiary/aromatic N) is 2. The van der Waals surface area contributed by atoms with Gasteiger partial charge in [0.05, 0.1) is 12.6 Å². The highest BCUT2D eigenvalue weighted by Crippen LogP contribution is 2.60. The molecule has 0 radical (unpaired) electrons. The number of primary amides is 1. The molecule has 4 aliphatic carbocycles. The molecule has 1 aromatic rings. The molecule has 5 rings (SSSR count). The Morgan fingerprint density at radius 3 is 2.61 bits per heavy atom. The largest absolute Gasteiger partial charge is 0.369 e. The summed E-state index contributed by atoms with van der Waals surface area (Å²) >= 11 is 0. The van der Waals surface area contributed by atoms with Crippen molar-refractivity contribution < 1.29 is 18.3 Å². The van der Waals surface area contributed by atoms with Crippen LogP contribution in [0.1, 0.15) is 51.5 Å². The molecule has 4 saturated carbocycles. The van der Waals surface area contributed by atoms with Crippen LogP contribution in [0.3, 0.4) is 0 Å². The van der Waals surface area contributed by atoms with Crippen LogP contribution in [0, 0.1) is 46.3 Å². The van der Waals surface area contributed by atoms with E-state index in [2.05, 4.69) is 5.32 Å². The van der Waals surface area contributed by atoms with E-state index < -0.39 is 22.7 Å². The van der Waals surface area contributed by atoms with Gasteiger partial charge in [0.15, 0.2) is 6.19 Å². The number of amidine groups is 1. The van der Waals surface area contributed by atoms with Gasteiger partial charge in [-0.1, -0.05) is 0 Å². The molecule has 0 spiro atoms. The molecule has 0 aromatic heterocycles. The minimum absolute atomic E-state index is 0.0198. The third kappa shape index (κ3) is 4.03. The molecule has 31 heavy (non-hydrogen) atoms. The third-order valence-corrected chi connectivity index (χ3v) is 7.37. The lowest BCUT2D eigenvalue weighted by molar-refractivity contribution is -0.144. The Morgan fingerprint density at radius 1 is 1.32 bits per heavy atom. The minimum Gasteiger partial charge on any atom is -0.369 e. The molecule has 2 atom stereocenters. The van der Waals surface area contributed by atoms with Crippen LogP contribution in [0.5, 0.6) is 0 Å². The zero-order chi connectivity index (χ0) is 22.4. The summed E-state index contributed by atoms with van der Waals surface area (Å²) in [4.78, 5) is 17.1. The Bertz CT molecular complexity index is 939. The van der Waals surface area contributed by atoms with Crippen molar-refractivity contribution in [1.29, 1.82) is 5.26 Å². The van der Waals surface area contributed by atoms with Crippen molar-refractivity contribution in [1.82, 2.24) is 5.32 Å². The Hall–Kier alpha value is -2.53. The Balaban J connectivity index is 1.55. The number of nitrogens with one attached hydrogen (secondary N) is 1. The quantitative estimate of drug-likeness (QED) is 0.313. The van der Waals surface area contributed by atoms with Crippen LogP contribution in [0.2, 0.25) is 0 Å². The van der Waals surface area contributed by atoms with Gasteiger partial charge in [0, 0.05) is 11.0 Å². The molecule has 0 saturated heterocycles. The van der Waals surface area contributed by atoms with Crippen LogP contribution in [0.15, 0.2) is 23.2 Å². The lowest BCUT2D eigenvalue weighted by Crippen LogP contribution is -2.58. The SMILES string of the molecule is CC(C)(OCc1cc(F)ccc1F)C(=NC1C2CC3CC1CC(C(N)=O)(C3)C2)NC#N. The summed E-state index contributed by atoms with van der Waals surface area (Å²) in [6.07, 6.45) is 6.29. The molecule has 1 amide bonds. The number of hydrogen-bond donors (Lipinski definition) is 2. The summed E-state index contributed by atoms with van der Waals surface area (Å²) in [5.41, 5.74) is 4.43. The fraction of sp³-hybridized carbons (Fsp3) is 0.609. The zero-order valence-corrected chi connectivity index (χ0v) is 17.8. The second kappa shape index (κ2) is 7.86. The molecule has 0 aliphatic heterocycles. The highest BCUT2D eigenvalue weighted by atomic mass is 19.1. The molecule has 4 bridgehead atoms. The van der Waals surface area contributed by atoms with Gasteiger partial charge in [0.25, 0.3) is 0 Å². The lowest BCUT2D eigenvalue weighted by atomic mass is 9.48. The van der Waals surface area contributed by atoms with Crippen LogP contribution < -0.4 is 11.1 Å². The van der Waals surface area contributed by atoms with Crippen molar-refractivity contribution in [3.05, 3.63) is 35.4 Å².